The van der Waals surface area contributed by atoms with Crippen molar-refractivity contribution in [2.45, 2.75) is 50.8 Å². The maximum Gasteiger partial charge on any atom is 0.293 e. The van der Waals surface area contributed by atoms with Gasteiger partial charge in [-0.3, -0.25) is 29.3 Å². The molecule has 3 N–H and O–H groups in total. The normalized spacial score (nSPS) is 17.5. The zero-order chi connectivity index (χ0) is 47.3. The Balaban J connectivity index is 0.698. The van der Waals surface area contributed by atoms with Crippen LogP contribution in [0.1, 0.15) is 48.5 Å². The summed E-state index contributed by atoms with van der Waals surface area (Å²) in [7, 11) is 3.15. The lowest BCUT2D eigenvalue weighted by Gasteiger charge is -2.39. The summed E-state index contributed by atoms with van der Waals surface area (Å²) in [5, 5.41) is 9.18. The van der Waals surface area contributed by atoms with Crippen LogP contribution in [-0.4, -0.2) is 148 Å². The third-order valence-corrected chi connectivity index (χ3v) is 12.1. The van der Waals surface area contributed by atoms with E-state index in [1.165, 1.54) is 16.5 Å². The second-order valence-electron chi connectivity index (χ2n) is 16.3. The Morgan fingerprint density at radius 3 is 2.25 bits per heavy atom. The summed E-state index contributed by atoms with van der Waals surface area (Å²) in [6, 6.07) is 12.3. The van der Waals surface area contributed by atoms with Gasteiger partial charge >= 0.3 is 0 Å². The molecule has 2 aromatic carbocycles. The first-order valence-electron chi connectivity index (χ1n) is 22.3. The lowest BCUT2D eigenvalue weighted by atomic mass is 9.89. The number of piperidine rings is 2. The summed E-state index contributed by atoms with van der Waals surface area (Å²) in [5.74, 6) is 0.312. The van der Waals surface area contributed by atoms with Crippen molar-refractivity contribution < 1.29 is 52.3 Å². The van der Waals surface area contributed by atoms with Crippen LogP contribution >= 0.6 is 11.6 Å². The molecule has 0 spiro atoms. The highest BCUT2D eigenvalue weighted by molar-refractivity contribution is 6.33. The number of aryl methyl sites for hydroxylation is 1. The Morgan fingerprint density at radius 1 is 0.881 bits per heavy atom. The van der Waals surface area contributed by atoms with E-state index in [1.54, 1.807) is 44.4 Å². The molecular formula is C46H57ClN8O12. The number of carbonyl (C=O) groups is 4. The molecule has 0 saturated carbocycles. The maximum atomic E-state index is 13.1. The lowest BCUT2D eigenvalue weighted by Crippen LogP contribution is -2.61. The molecule has 2 saturated heterocycles. The molecule has 3 aliphatic rings. The monoisotopic (exact) mass is 948 g/mol. The third kappa shape index (κ3) is 12.6. The number of rotatable bonds is 24. The minimum Gasteiger partial charge on any atom is -0.491 e. The molecule has 7 rings (SSSR count). The molecule has 2 aromatic heterocycles. The summed E-state index contributed by atoms with van der Waals surface area (Å²) in [6.07, 6.45) is 3.75. The van der Waals surface area contributed by atoms with Crippen LogP contribution in [0.3, 0.4) is 0 Å². The van der Waals surface area contributed by atoms with Crippen molar-refractivity contribution in [2.24, 2.45) is 7.05 Å². The topological polar surface area (TPSA) is 223 Å². The standard InChI is InChI=1S/C46H57ClN8O12/c1-46(11-8-39(56)51-44(46)60)55-28-31-25-34(5-6-35(31)42(55)58)66-23-21-64-19-17-62-15-14-61-16-18-63-20-22-65-33-9-12-54(13-10-33)45-49-27-36(47)41(52-45)50-32-4-7-37-30(24-32)26-38(43(59)53(37)3)67-29-40(57)48-2/h4-7,24-27,33H,8-23,28-29H2,1-3H3,(H,48,57)(H,49,50,52)(H,51,56,60). The number of ether oxygens (including phenoxy) is 7. The second kappa shape index (κ2) is 23.2. The molecule has 4 amide bonds. The molecule has 1 atom stereocenters. The predicted octanol–water partition coefficient (Wildman–Crippen LogP) is 3.13. The van der Waals surface area contributed by atoms with Gasteiger partial charge in [-0.2, -0.15) is 4.98 Å². The van der Waals surface area contributed by atoms with Gasteiger partial charge in [0.15, 0.2) is 18.2 Å². The van der Waals surface area contributed by atoms with E-state index < -0.39 is 11.4 Å². The molecule has 4 aromatic rings. The number of benzene rings is 2. The summed E-state index contributed by atoms with van der Waals surface area (Å²) in [6.45, 7) is 7.28. The quantitative estimate of drug-likeness (QED) is 0.0678. The van der Waals surface area contributed by atoms with E-state index in [-0.39, 0.29) is 61.1 Å². The summed E-state index contributed by atoms with van der Waals surface area (Å²) >= 11 is 6.51. The van der Waals surface area contributed by atoms with Crippen LogP contribution in [0.2, 0.25) is 5.02 Å². The number of pyridine rings is 1. The van der Waals surface area contributed by atoms with Crippen molar-refractivity contribution >= 4 is 63.6 Å². The van der Waals surface area contributed by atoms with Gasteiger partial charge in [0.1, 0.15) is 22.9 Å². The van der Waals surface area contributed by atoms with Gasteiger partial charge < -0.3 is 58.2 Å². The highest BCUT2D eigenvalue weighted by Crippen LogP contribution is 2.36. The number of aromatic nitrogens is 3. The Labute approximate surface area is 392 Å². The van der Waals surface area contributed by atoms with Gasteiger partial charge in [-0.25, -0.2) is 4.98 Å². The minimum atomic E-state index is -1.08. The molecule has 67 heavy (non-hydrogen) atoms. The van der Waals surface area contributed by atoms with Crippen LogP contribution in [0.5, 0.6) is 11.5 Å². The Bertz CT molecular complexity index is 2470. The number of amides is 4. The SMILES string of the molecule is CNC(=O)COc1cc2cc(Nc3nc(N4CCC(OCCOCCOCCOCCOCCOc5ccc6c(c5)CN(C5(C)CCC(=O)NC5=O)C6=O)CC4)ncc3Cl)ccc2n(C)c1=O. The number of carbonyl (C=O) groups excluding carboxylic acids is 4. The fourth-order valence-electron chi connectivity index (χ4n) is 7.90. The lowest BCUT2D eigenvalue weighted by molar-refractivity contribution is -0.142. The number of nitrogens with zero attached hydrogens (tertiary/aromatic N) is 5. The van der Waals surface area contributed by atoms with Gasteiger partial charge in [0.25, 0.3) is 23.3 Å². The van der Waals surface area contributed by atoms with Crippen molar-refractivity contribution in [3.05, 3.63) is 75.2 Å². The zero-order valence-electron chi connectivity index (χ0n) is 37.9. The number of nitrogens with one attached hydrogen (secondary N) is 3. The van der Waals surface area contributed by atoms with Crippen LogP contribution in [-0.2, 0) is 51.7 Å². The molecule has 2 fully saturated rings. The van der Waals surface area contributed by atoms with Crippen molar-refractivity contribution in [1.29, 1.82) is 0 Å². The summed E-state index contributed by atoms with van der Waals surface area (Å²) < 4.78 is 41.3. The molecule has 20 nitrogen and oxygen atoms in total. The number of likely N-dealkylation sites (N-methyl/N-ethyl adjacent to an activating group) is 1. The molecule has 21 heteroatoms. The van der Waals surface area contributed by atoms with Crippen LogP contribution < -0.4 is 35.9 Å². The smallest absolute Gasteiger partial charge is 0.293 e. The number of fused-ring (bicyclic) bond motifs is 2. The fourth-order valence-corrected chi connectivity index (χ4v) is 8.04. The van der Waals surface area contributed by atoms with Crippen LogP contribution in [0.15, 0.2) is 53.5 Å². The first-order chi connectivity index (χ1) is 32.4. The fraction of sp³-hybridized carbons (Fsp3) is 0.500. The van der Waals surface area contributed by atoms with E-state index in [1.807, 2.05) is 18.2 Å². The second-order valence-corrected chi connectivity index (χ2v) is 16.7. The molecular weight excluding hydrogens is 892 g/mol. The van der Waals surface area contributed by atoms with E-state index in [0.29, 0.717) is 118 Å². The van der Waals surface area contributed by atoms with Gasteiger partial charge in [0.2, 0.25) is 11.9 Å². The largest absolute Gasteiger partial charge is 0.491 e. The van der Waals surface area contributed by atoms with E-state index in [0.717, 1.165) is 23.8 Å². The zero-order valence-corrected chi connectivity index (χ0v) is 38.7. The minimum absolute atomic E-state index is 0.0681. The third-order valence-electron chi connectivity index (χ3n) is 11.8. The van der Waals surface area contributed by atoms with E-state index in [4.69, 9.17) is 49.7 Å². The number of hydrogen-bond acceptors (Lipinski definition) is 16. The van der Waals surface area contributed by atoms with Gasteiger partial charge in [0.05, 0.1) is 77.3 Å². The van der Waals surface area contributed by atoms with Gasteiger partial charge in [-0.15, -0.1) is 0 Å². The maximum absolute atomic E-state index is 13.1. The molecule has 5 heterocycles. The summed E-state index contributed by atoms with van der Waals surface area (Å²) in [4.78, 5) is 74.6. The first kappa shape index (κ1) is 49.0. The predicted molar refractivity (Wildman–Crippen MR) is 246 cm³/mol. The van der Waals surface area contributed by atoms with Crippen molar-refractivity contribution in [2.75, 3.05) is 103 Å². The van der Waals surface area contributed by atoms with Crippen molar-refractivity contribution in [3.63, 3.8) is 0 Å². The highest BCUT2D eigenvalue weighted by atomic mass is 35.5. The number of imide groups is 1. The van der Waals surface area contributed by atoms with Gasteiger partial charge in [0, 0.05) is 56.8 Å². The molecule has 0 aliphatic carbocycles. The summed E-state index contributed by atoms with van der Waals surface area (Å²) in [5.41, 5.74) is 1.26. The molecule has 3 aliphatic heterocycles. The molecule has 0 radical (unpaired) electrons. The van der Waals surface area contributed by atoms with Crippen LogP contribution in [0, 0.1) is 0 Å². The number of hydrogen-bond donors (Lipinski definition) is 3. The Morgan fingerprint density at radius 2 is 1.57 bits per heavy atom. The van der Waals surface area contributed by atoms with Crippen LogP contribution in [0.4, 0.5) is 17.5 Å². The molecule has 1 unspecified atom stereocenters. The van der Waals surface area contributed by atoms with Crippen molar-refractivity contribution in [3.8, 4) is 11.5 Å². The van der Waals surface area contributed by atoms with E-state index in [2.05, 4.69) is 25.8 Å². The van der Waals surface area contributed by atoms with Gasteiger partial charge in [-0.05, 0) is 74.2 Å². The average molecular weight is 949 g/mol. The molecule has 0 bridgehead atoms. The highest BCUT2D eigenvalue weighted by Gasteiger charge is 2.48. The Kier molecular flexibility index (Phi) is 17.0. The number of halogens is 1. The average Bonchev–Trinajstić information content (AvgIpc) is 3.67. The first-order valence-corrected chi connectivity index (χ1v) is 22.7. The Hall–Kier alpha value is -5.90. The van der Waals surface area contributed by atoms with Crippen molar-refractivity contribution in [1.82, 2.24) is 30.1 Å². The van der Waals surface area contributed by atoms with Crippen LogP contribution in [0.25, 0.3) is 10.9 Å². The number of anilines is 3. The van der Waals surface area contributed by atoms with E-state index >= 15 is 0 Å². The van der Waals surface area contributed by atoms with E-state index in [9.17, 15) is 24.0 Å². The van der Waals surface area contributed by atoms with Gasteiger partial charge in [-0.1, -0.05) is 11.6 Å². The molecule has 360 valence electrons.